The van der Waals surface area contributed by atoms with Gasteiger partial charge in [0.05, 0.1) is 29.6 Å². The highest BCUT2D eigenvalue weighted by atomic mass is 19.4. The van der Waals surface area contributed by atoms with E-state index in [-0.39, 0.29) is 23.3 Å². The Morgan fingerprint density at radius 1 is 1.16 bits per heavy atom. The molecule has 0 radical (unpaired) electrons. The monoisotopic (exact) mass is 525 g/mol. The number of methoxy groups -OCH3 is 1. The van der Waals surface area contributed by atoms with Crippen LogP contribution in [-0.2, 0) is 17.5 Å². The molecule has 11 heteroatoms. The molecule has 0 spiro atoms. The zero-order valence-corrected chi connectivity index (χ0v) is 20.7. The smallest absolute Gasteiger partial charge is 0.416 e. The fraction of sp³-hybridized carbons (Fsp3) is 0.296. The lowest BCUT2D eigenvalue weighted by molar-refractivity contribution is -0.137. The number of alkyl halides is 3. The summed E-state index contributed by atoms with van der Waals surface area (Å²) in [5.41, 5.74) is 8.00. The first kappa shape index (κ1) is 25.4. The van der Waals surface area contributed by atoms with Crippen molar-refractivity contribution in [2.45, 2.75) is 38.4 Å². The second kappa shape index (κ2) is 9.88. The number of fused-ring (bicyclic) bond motifs is 1. The number of nitrogens with one attached hydrogen (secondary N) is 1. The Morgan fingerprint density at radius 3 is 2.68 bits per heavy atom. The summed E-state index contributed by atoms with van der Waals surface area (Å²) in [6, 6.07) is 10.3. The van der Waals surface area contributed by atoms with E-state index in [1.54, 1.807) is 18.2 Å². The Bertz CT molecular complexity index is 1500. The maximum atomic E-state index is 13.3. The van der Waals surface area contributed by atoms with Gasteiger partial charge < -0.3 is 25.1 Å². The Kier molecular flexibility index (Phi) is 6.60. The van der Waals surface area contributed by atoms with Gasteiger partial charge in [0.1, 0.15) is 23.3 Å². The second-order valence-corrected chi connectivity index (χ2v) is 9.20. The molecule has 1 saturated carbocycles. The lowest BCUT2D eigenvalue weighted by Crippen LogP contribution is -2.16. The van der Waals surface area contributed by atoms with Crippen LogP contribution in [0, 0.1) is 5.92 Å². The SMILES string of the molecule is CCCn1ccc2ncnc(Oc3ccc(NC(=O)C4CC4c4cc(OC)cc(C(F)(F)F)c4)c(N)c3)c21. The molecule has 0 aliphatic heterocycles. The number of ether oxygens (including phenoxy) is 2. The van der Waals surface area contributed by atoms with Crippen molar-refractivity contribution < 1.29 is 27.4 Å². The van der Waals surface area contributed by atoms with Gasteiger partial charge in [-0.15, -0.1) is 0 Å². The average Bonchev–Trinajstić information content (AvgIpc) is 3.59. The molecule has 1 aliphatic rings. The van der Waals surface area contributed by atoms with E-state index in [1.165, 1.54) is 19.5 Å². The van der Waals surface area contributed by atoms with Gasteiger partial charge >= 0.3 is 6.18 Å². The molecule has 1 fully saturated rings. The number of anilines is 2. The van der Waals surface area contributed by atoms with E-state index in [0.29, 0.717) is 29.3 Å². The second-order valence-electron chi connectivity index (χ2n) is 9.20. The largest absolute Gasteiger partial charge is 0.497 e. The molecule has 198 valence electrons. The number of nitrogens with two attached hydrogens (primary N) is 1. The quantitative estimate of drug-likeness (QED) is 0.274. The summed E-state index contributed by atoms with van der Waals surface area (Å²) in [4.78, 5) is 21.4. The number of rotatable bonds is 8. The highest BCUT2D eigenvalue weighted by molar-refractivity contribution is 5.97. The molecule has 2 heterocycles. The fourth-order valence-corrected chi connectivity index (χ4v) is 4.53. The minimum atomic E-state index is -4.51. The maximum absolute atomic E-state index is 13.3. The topological polar surface area (TPSA) is 104 Å². The van der Waals surface area contributed by atoms with Crippen LogP contribution in [0.2, 0.25) is 0 Å². The standard InChI is InChI=1S/C27H26F3N5O3/c1-3-7-35-8-6-23-24(35)26(33-14-32-23)38-17-4-5-22(21(31)12-17)34-25(36)20-13-19(20)15-9-16(27(28,29)30)11-18(10-15)37-2/h4-6,8-12,14,19-20H,3,7,13,31H2,1-2H3,(H,34,36). The van der Waals surface area contributed by atoms with Crippen LogP contribution in [0.3, 0.4) is 0 Å². The zero-order valence-electron chi connectivity index (χ0n) is 20.7. The van der Waals surface area contributed by atoms with Crippen molar-refractivity contribution in [1.82, 2.24) is 14.5 Å². The third kappa shape index (κ3) is 5.09. The Morgan fingerprint density at radius 2 is 1.97 bits per heavy atom. The van der Waals surface area contributed by atoms with Crippen LogP contribution < -0.4 is 20.5 Å². The van der Waals surface area contributed by atoms with Gasteiger partial charge in [0, 0.05) is 24.7 Å². The molecule has 2 aromatic heterocycles. The molecule has 38 heavy (non-hydrogen) atoms. The van der Waals surface area contributed by atoms with Gasteiger partial charge in [-0.1, -0.05) is 6.92 Å². The average molecular weight is 526 g/mol. The molecule has 1 amide bonds. The number of nitrogens with zero attached hydrogens (tertiary/aromatic N) is 3. The van der Waals surface area contributed by atoms with Crippen molar-refractivity contribution in [2.24, 2.45) is 5.92 Å². The fourth-order valence-electron chi connectivity index (χ4n) is 4.53. The van der Waals surface area contributed by atoms with Crippen molar-refractivity contribution in [2.75, 3.05) is 18.2 Å². The third-order valence-electron chi connectivity index (χ3n) is 6.52. The van der Waals surface area contributed by atoms with Crippen LogP contribution in [0.25, 0.3) is 11.0 Å². The first-order valence-electron chi connectivity index (χ1n) is 12.1. The van der Waals surface area contributed by atoms with E-state index >= 15 is 0 Å². The number of amides is 1. The molecule has 5 rings (SSSR count). The summed E-state index contributed by atoms with van der Waals surface area (Å²) in [6.45, 7) is 2.86. The number of aryl methyl sites for hydroxylation is 1. The van der Waals surface area contributed by atoms with E-state index in [1.807, 2.05) is 16.8 Å². The number of aromatic nitrogens is 3. The number of nitrogen functional groups attached to an aromatic ring is 1. The Balaban J connectivity index is 1.29. The molecule has 3 N–H and O–H groups in total. The number of carbonyl (C=O) groups excluding carboxylic acids is 1. The van der Waals surface area contributed by atoms with Crippen LogP contribution in [0.1, 0.15) is 36.8 Å². The highest BCUT2D eigenvalue weighted by Gasteiger charge is 2.45. The van der Waals surface area contributed by atoms with Crippen molar-refractivity contribution >= 4 is 28.3 Å². The lowest BCUT2D eigenvalue weighted by atomic mass is 10.0. The Labute approximate surface area is 216 Å². The molecule has 2 atom stereocenters. The number of hydrogen-bond acceptors (Lipinski definition) is 6. The molecular formula is C27H26F3N5O3. The predicted molar refractivity (Wildman–Crippen MR) is 136 cm³/mol. The van der Waals surface area contributed by atoms with Gasteiger partial charge in [-0.2, -0.15) is 18.2 Å². The summed E-state index contributed by atoms with van der Waals surface area (Å²) in [6.07, 6.45) is 0.216. The van der Waals surface area contributed by atoms with E-state index < -0.39 is 17.7 Å². The van der Waals surface area contributed by atoms with Crippen molar-refractivity contribution in [3.8, 4) is 17.4 Å². The zero-order chi connectivity index (χ0) is 27.0. The van der Waals surface area contributed by atoms with Crippen LogP contribution in [0.4, 0.5) is 24.5 Å². The number of carbonyl (C=O) groups is 1. The molecule has 8 nitrogen and oxygen atoms in total. The summed E-state index contributed by atoms with van der Waals surface area (Å²) < 4.78 is 52.9. The normalized spacial score (nSPS) is 16.9. The predicted octanol–water partition coefficient (Wildman–Crippen LogP) is 5.99. The van der Waals surface area contributed by atoms with Crippen molar-refractivity contribution in [3.63, 3.8) is 0 Å². The molecule has 4 aromatic rings. The van der Waals surface area contributed by atoms with Gasteiger partial charge in [-0.25, -0.2) is 4.98 Å². The summed E-state index contributed by atoms with van der Waals surface area (Å²) >= 11 is 0. The van der Waals surface area contributed by atoms with Crippen LogP contribution >= 0.6 is 0 Å². The summed E-state index contributed by atoms with van der Waals surface area (Å²) in [7, 11) is 1.31. The molecule has 2 aromatic carbocycles. The summed E-state index contributed by atoms with van der Waals surface area (Å²) in [5.74, 6) is -0.203. The van der Waals surface area contributed by atoms with E-state index in [4.69, 9.17) is 15.2 Å². The van der Waals surface area contributed by atoms with Gasteiger partial charge in [0.25, 0.3) is 0 Å². The molecule has 0 saturated heterocycles. The number of benzene rings is 2. The van der Waals surface area contributed by atoms with Crippen molar-refractivity contribution in [1.29, 1.82) is 0 Å². The summed E-state index contributed by atoms with van der Waals surface area (Å²) in [5, 5.41) is 2.79. The molecule has 1 aliphatic carbocycles. The first-order chi connectivity index (χ1) is 18.2. The van der Waals surface area contributed by atoms with Crippen LogP contribution in [0.5, 0.6) is 17.4 Å². The van der Waals surface area contributed by atoms with E-state index in [0.717, 1.165) is 36.1 Å². The lowest BCUT2D eigenvalue weighted by Gasteiger charge is -2.13. The first-order valence-corrected chi connectivity index (χ1v) is 12.1. The Hall–Kier alpha value is -4.28. The minimum Gasteiger partial charge on any atom is -0.497 e. The number of halogens is 3. The van der Waals surface area contributed by atoms with Gasteiger partial charge in [0.2, 0.25) is 11.8 Å². The van der Waals surface area contributed by atoms with E-state index in [2.05, 4.69) is 22.2 Å². The minimum absolute atomic E-state index is 0.101. The van der Waals surface area contributed by atoms with E-state index in [9.17, 15) is 18.0 Å². The molecule has 2 unspecified atom stereocenters. The highest BCUT2D eigenvalue weighted by Crippen LogP contribution is 2.50. The van der Waals surface area contributed by atoms with Crippen LogP contribution in [-0.4, -0.2) is 27.6 Å². The van der Waals surface area contributed by atoms with Crippen molar-refractivity contribution in [3.05, 3.63) is 66.1 Å². The maximum Gasteiger partial charge on any atom is 0.416 e. The molecular weight excluding hydrogens is 499 g/mol. The van der Waals surface area contributed by atoms with Gasteiger partial charge in [0.15, 0.2) is 0 Å². The number of hydrogen-bond donors (Lipinski definition) is 2. The van der Waals surface area contributed by atoms with Gasteiger partial charge in [-0.3, -0.25) is 4.79 Å². The third-order valence-corrected chi connectivity index (χ3v) is 6.52. The molecule has 0 bridgehead atoms. The van der Waals surface area contributed by atoms with Crippen LogP contribution in [0.15, 0.2) is 55.0 Å². The van der Waals surface area contributed by atoms with Gasteiger partial charge in [-0.05, 0) is 60.7 Å².